The molecule has 0 bridgehead atoms. The van der Waals surface area contributed by atoms with Crippen LogP contribution in [0.15, 0.2) is 29.0 Å². The Kier molecular flexibility index (Phi) is 6.08. The summed E-state index contributed by atoms with van der Waals surface area (Å²) in [5, 5.41) is 11.5. The van der Waals surface area contributed by atoms with Gasteiger partial charge in [0.15, 0.2) is 0 Å². The molecule has 0 amide bonds. The second kappa shape index (κ2) is 6.87. The van der Waals surface area contributed by atoms with E-state index >= 15 is 0 Å². The molecule has 14 heavy (non-hydrogen) atoms. The molecular formula is C10H16N4. The molecule has 1 unspecified atom stereocenters. The summed E-state index contributed by atoms with van der Waals surface area (Å²) < 4.78 is 0. The predicted octanol–water partition coefficient (Wildman–Crippen LogP) is 0.935. The maximum Gasteiger partial charge on any atom is 0.127 e. The van der Waals surface area contributed by atoms with E-state index in [2.05, 4.69) is 29.7 Å². The van der Waals surface area contributed by atoms with Gasteiger partial charge in [-0.3, -0.25) is 0 Å². The van der Waals surface area contributed by atoms with Crippen LogP contribution in [0.3, 0.4) is 0 Å². The smallest absolute Gasteiger partial charge is 0.127 e. The van der Waals surface area contributed by atoms with E-state index in [9.17, 15) is 0 Å². The molecule has 0 spiro atoms. The molecule has 0 aliphatic rings. The van der Waals surface area contributed by atoms with Crippen molar-refractivity contribution < 1.29 is 0 Å². The number of nitrogens with zero attached hydrogens (tertiary/aromatic N) is 2. The van der Waals surface area contributed by atoms with E-state index in [0.29, 0.717) is 18.8 Å². The topological polar surface area (TPSA) is 74.2 Å². The van der Waals surface area contributed by atoms with Gasteiger partial charge >= 0.3 is 0 Å². The fraction of sp³-hybridized carbons (Fsp3) is 0.400. The van der Waals surface area contributed by atoms with Gasteiger partial charge in [-0.2, -0.15) is 5.26 Å². The normalized spacial score (nSPS) is 13.7. The summed E-state index contributed by atoms with van der Waals surface area (Å²) in [6.07, 6.45) is 2.12. The van der Waals surface area contributed by atoms with Crippen LogP contribution in [0.5, 0.6) is 0 Å². The van der Waals surface area contributed by atoms with Gasteiger partial charge < -0.3 is 11.1 Å². The van der Waals surface area contributed by atoms with Crippen LogP contribution in [-0.2, 0) is 0 Å². The van der Waals surface area contributed by atoms with E-state index in [1.807, 2.05) is 6.92 Å². The molecule has 0 saturated heterocycles. The molecule has 0 aromatic heterocycles. The van der Waals surface area contributed by atoms with Gasteiger partial charge in [0.25, 0.3) is 0 Å². The lowest BCUT2D eigenvalue weighted by Crippen LogP contribution is -2.29. The van der Waals surface area contributed by atoms with Crippen molar-refractivity contribution in [2.24, 2.45) is 10.7 Å². The van der Waals surface area contributed by atoms with Crippen LogP contribution < -0.4 is 11.1 Å². The Balaban J connectivity index is 4.34. The highest BCUT2D eigenvalue weighted by molar-refractivity contribution is 5.34. The first kappa shape index (κ1) is 12.4. The molecule has 0 aromatic carbocycles. The van der Waals surface area contributed by atoms with Crippen molar-refractivity contribution in [1.29, 1.82) is 5.26 Å². The van der Waals surface area contributed by atoms with Crippen molar-refractivity contribution in [3.8, 4) is 6.07 Å². The monoisotopic (exact) mass is 192 g/mol. The summed E-state index contributed by atoms with van der Waals surface area (Å²) in [6.45, 7) is 9.56. The molecule has 0 aliphatic heterocycles. The van der Waals surface area contributed by atoms with Gasteiger partial charge in [-0.15, -0.1) is 0 Å². The van der Waals surface area contributed by atoms with Crippen LogP contribution in [0.2, 0.25) is 0 Å². The average molecular weight is 192 g/mol. The molecule has 0 rings (SSSR count). The molecule has 0 heterocycles. The molecule has 3 N–H and O–H groups in total. The number of nitrogens with one attached hydrogen (secondary N) is 1. The molecule has 0 fully saturated rings. The Morgan fingerprint density at radius 1 is 1.79 bits per heavy atom. The third kappa shape index (κ3) is 3.87. The van der Waals surface area contributed by atoms with E-state index in [-0.39, 0.29) is 6.04 Å². The molecule has 0 aliphatic carbocycles. The van der Waals surface area contributed by atoms with Gasteiger partial charge in [-0.05, 0) is 13.6 Å². The summed E-state index contributed by atoms with van der Waals surface area (Å²) in [5.41, 5.74) is 6.41. The highest BCUT2D eigenvalue weighted by Crippen LogP contribution is 2.07. The second-order valence-electron chi connectivity index (χ2n) is 2.79. The van der Waals surface area contributed by atoms with Gasteiger partial charge in [0.1, 0.15) is 5.82 Å². The highest BCUT2D eigenvalue weighted by Gasteiger charge is 2.07. The molecule has 76 valence electrons. The quantitative estimate of drug-likeness (QED) is 0.373. The van der Waals surface area contributed by atoms with Crippen molar-refractivity contribution in [3.05, 3.63) is 24.0 Å². The first-order valence-electron chi connectivity index (χ1n) is 4.36. The molecule has 4 heteroatoms. The van der Waals surface area contributed by atoms with Crippen molar-refractivity contribution in [3.63, 3.8) is 0 Å². The van der Waals surface area contributed by atoms with E-state index in [1.165, 1.54) is 0 Å². The maximum atomic E-state index is 8.35. The number of hydrogen-bond acceptors (Lipinski definition) is 4. The van der Waals surface area contributed by atoms with Crippen LogP contribution in [-0.4, -0.2) is 19.3 Å². The van der Waals surface area contributed by atoms with Crippen molar-refractivity contribution >= 4 is 6.72 Å². The van der Waals surface area contributed by atoms with Crippen molar-refractivity contribution in [1.82, 2.24) is 5.32 Å². The van der Waals surface area contributed by atoms with Crippen LogP contribution in [0.1, 0.15) is 13.3 Å². The second-order valence-corrected chi connectivity index (χ2v) is 2.79. The summed E-state index contributed by atoms with van der Waals surface area (Å²) >= 11 is 0. The van der Waals surface area contributed by atoms with Crippen molar-refractivity contribution in [2.75, 3.05) is 6.54 Å². The van der Waals surface area contributed by atoms with Gasteiger partial charge in [-0.1, -0.05) is 12.7 Å². The van der Waals surface area contributed by atoms with Crippen molar-refractivity contribution in [2.45, 2.75) is 19.4 Å². The lowest BCUT2D eigenvalue weighted by Gasteiger charge is -2.14. The Hall–Kier alpha value is -1.60. The van der Waals surface area contributed by atoms with Gasteiger partial charge in [0.05, 0.1) is 6.07 Å². The zero-order chi connectivity index (χ0) is 11.0. The fourth-order valence-electron chi connectivity index (χ4n) is 1.05. The summed E-state index contributed by atoms with van der Waals surface area (Å²) in [6, 6.07) is 2.09. The molecule has 0 saturated carbocycles. The largest absolute Gasteiger partial charge is 0.383 e. The number of nitriles is 1. The average Bonchev–Trinajstić information content (AvgIpc) is 2.19. The number of hydrogen-bond donors (Lipinski definition) is 2. The lowest BCUT2D eigenvalue weighted by atomic mass is 10.1. The summed E-state index contributed by atoms with van der Waals surface area (Å²) in [5.74, 6) is 0.372. The van der Waals surface area contributed by atoms with E-state index in [1.54, 1.807) is 6.08 Å². The van der Waals surface area contributed by atoms with Gasteiger partial charge in [0, 0.05) is 24.6 Å². The molecular weight excluding hydrogens is 176 g/mol. The zero-order valence-corrected chi connectivity index (χ0v) is 8.45. The number of aliphatic imine (C=N–C) groups is 1. The molecule has 0 aromatic rings. The Morgan fingerprint density at radius 3 is 2.86 bits per heavy atom. The van der Waals surface area contributed by atoms with E-state index in [0.717, 1.165) is 5.57 Å². The minimum Gasteiger partial charge on any atom is -0.383 e. The Labute approximate surface area is 84.8 Å². The third-order valence-electron chi connectivity index (χ3n) is 1.84. The van der Waals surface area contributed by atoms with Crippen LogP contribution >= 0.6 is 0 Å². The van der Waals surface area contributed by atoms with Crippen LogP contribution in [0.25, 0.3) is 0 Å². The first-order chi connectivity index (χ1) is 6.67. The standard InChI is InChI=1S/C10H16N4/c1-4-9(10(12)13-3)8(2)14-7-5-6-11/h4,8,14H,1,3,5,7,12H2,2H3/b10-9+. The minimum absolute atomic E-state index is 0.0337. The van der Waals surface area contributed by atoms with E-state index < -0.39 is 0 Å². The summed E-state index contributed by atoms with van der Waals surface area (Å²) in [4.78, 5) is 3.64. The maximum absolute atomic E-state index is 8.35. The molecule has 1 atom stereocenters. The molecule has 4 nitrogen and oxygen atoms in total. The minimum atomic E-state index is 0.0337. The zero-order valence-electron chi connectivity index (χ0n) is 8.45. The van der Waals surface area contributed by atoms with Gasteiger partial charge in [-0.25, -0.2) is 4.99 Å². The lowest BCUT2D eigenvalue weighted by molar-refractivity contribution is 0.620. The molecule has 0 radical (unpaired) electrons. The van der Waals surface area contributed by atoms with Gasteiger partial charge in [0.2, 0.25) is 0 Å². The van der Waals surface area contributed by atoms with Crippen LogP contribution in [0, 0.1) is 11.3 Å². The summed E-state index contributed by atoms with van der Waals surface area (Å²) in [7, 11) is 0. The Bertz CT molecular complexity index is 272. The predicted molar refractivity (Wildman–Crippen MR) is 58.7 cm³/mol. The SMILES string of the molecule is C=C/C(=C(/N)N=C)C(C)NCCC#N. The number of nitrogens with two attached hydrogens (primary N) is 1. The fourth-order valence-corrected chi connectivity index (χ4v) is 1.05. The number of rotatable bonds is 6. The third-order valence-corrected chi connectivity index (χ3v) is 1.84. The van der Waals surface area contributed by atoms with Crippen LogP contribution in [0.4, 0.5) is 0 Å². The Morgan fingerprint density at radius 2 is 2.43 bits per heavy atom. The first-order valence-corrected chi connectivity index (χ1v) is 4.36. The highest BCUT2D eigenvalue weighted by atomic mass is 14.9. The van der Waals surface area contributed by atoms with E-state index in [4.69, 9.17) is 11.0 Å².